The lowest BCUT2D eigenvalue weighted by Crippen LogP contribution is -2.52. The number of benzene rings is 3. The van der Waals surface area contributed by atoms with Crippen LogP contribution in [0, 0.1) is 5.82 Å². The van der Waals surface area contributed by atoms with Gasteiger partial charge in [-0.05, 0) is 61.2 Å². The zero-order valence-corrected chi connectivity index (χ0v) is 33.7. The topological polar surface area (TPSA) is 184 Å². The molecule has 0 bridgehead atoms. The molecule has 4 aromatic rings. The summed E-state index contributed by atoms with van der Waals surface area (Å²) < 4.78 is 24.9. The number of carbonyl (C=O) groups is 5. The molecule has 7 rings (SSSR count). The molecule has 4 N–H and O–H groups in total. The first-order valence-electron chi connectivity index (χ1n) is 19.1. The minimum atomic E-state index is -0.669. The Labute approximate surface area is 348 Å². The SMILES string of the molecule is COc1cc2ncnc(Nc3ccc(F)c(Cl)c3)c2cc1NC(=O)/C=C/CN1CCC(NC(=O)COCCSc2cccc3c2CN(C2CCC(=O)NC2=O)C3=O)CC1. The van der Waals surface area contributed by atoms with E-state index in [1.54, 1.807) is 24.3 Å². The minimum absolute atomic E-state index is 0.0181. The summed E-state index contributed by atoms with van der Waals surface area (Å²) in [7, 11) is 1.50. The lowest BCUT2D eigenvalue weighted by molar-refractivity contribution is -0.137. The molecule has 3 aliphatic rings. The van der Waals surface area contributed by atoms with E-state index < -0.39 is 17.8 Å². The fraction of sp³-hybridized carbons (Fsp3) is 0.341. The Morgan fingerprint density at radius 1 is 1.08 bits per heavy atom. The van der Waals surface area contributed by atoms with Gasteiger partial charge in [-0.15, -0.1) is 11.8 Å². The van der Waals surface area contributed by atoms with Crippen molar-refractivity contribution in [3.8, 4) is 5.75 Å². The Bertz CT molecular complexity index is 2310. The van der Waals surface area contributed by atoms with E-state index in [9.17, 15) is 28.4 Å². The number of nitrogens with zero attached hydrogens (tertiary/aromatic N) is 4. The first-order valence-corrected chi connectivity index (χ1v) is 20.4. The molecule has 0 aliphatic carbocycles. The van der Waals surface area contributed by atoms with Crippen molar-refractivity contribution < 1.29 is 37.8 Å². The van der Waals surface area contributed by atoms with Crippen LogP contribution in [0.5, 0.6) is 5.75 Å². The second-order valence-corrected chi connectivity index (χ2v) is 15.7. The maximum Gasteiger partial charge on any atom is 0.255 e. The highest BCUT2D eigenvalue weighted by Crippen LogP contribution is 2.35. The highest BCUT2D eigenvalue weighted by atomic mass is 35.5. The minimum Gasteiger partial charge on any atom is -0.494 e. The van der Waals surface area contributed by atoms with Gasteiger partial charge in [-0.3, -0.25) is 34.2 Å². The van der Waals surface area contributed by atoms with E-state index in [0.29, 0.717) is 71.3 Å². The number of rotatable bonds is 15. The monoisotopic (exact) mass is 844 g/mol. The third-order valence-electron chi connectivity index (χ3n) is 10.2. The van der Waals surface area contributed by atoms with E-state index >= 15 is 0 Å². The van der Waals surface area contributed by atoms with Gasteiger partial charge in [0.05, 0.1) is 29.9 Å². The third kappa shape index (κ3) is 10.2. The lowest BCUT2D eigenvalue weighted by atomic mass is 10.0. The summed E-state index contributed by atoms with van der Waals surface area (Å²) in [6, 6.07) is 12.5. The number of thioether (sulfide) groups is 1. The number of nitrogens with one attached hydrogen (secondary N) is 4. The smallest absolute Gasteiger partial charge is 0.255 e. The number of halogens is 2. The molecule has 5 amide bonds. The largest absolute Gasteiger partial charge is 0.494 e. The molecule has 1 aromatic heterocycles. The number of anilines is 3. The molecule has 59 heavy (non-hydrogen) atoms. The summed E-state index contributed by atoms with van der Waals surface area (Å²) in [6.45, 7) is 2.61. The van der Waals surface area contributed by atoms with Crippen LogP contribution in [0.2, 0.25) is 5.02 Å². The average Bonchev–Trinajstić information content (AvgIpc) is 3.56. The number of amides is 5. The van der Waals surface area contributed by atoms with Gasteiger partial charge < -0.3 is 30.3 Å². The van der Waals surface area contributed by atoms with Crippen LogP contribution >= 0.6 is 23.4 Å². The summed E-state index contributed by atoms with van der Waals surface area (Å²) in [5.41, 5.74) is 2.93. The number of aromatic nitrogens is 2. The molecule has 15 nitrogen and oxygen atoms in total. The second kappa shape index (κ2) is 19.0. The van der Waals surface area contributed by atoms with Crippen LogP contribution in [-0.2, 0) is 30.5 Å². The first-order chi connectivity index (χ1) is 28.6. The summed E-state index contributed by atoms with van der Waals surface area (Å²) >= 11 is 7.47. The zero-order chi connectivity index (χ0) is 41.5. The molecule has 2 saturated heterocycles. The Balaban J connectivity index is 0.811. The van der Waals surface area contributed by atoms with Crippen LogP contribution in [0.25, 0.3) is 10.9 Å². The molecule has 308 valence electrons. The maximum atomic E-state index is 13.7. The molecule has 18 heteroatoms. The number of carbonyl (C=O) groups excluding carboxylic acids is 5. The van der Waals surface area contributed by atoms with E-state index in [-0.39, 0.29) is 47.7 Å². The number of ether oxygens (including phenoxy) is 2. The molecule has 0 saturated carbocycles. The number of piperidine rings is 2. The standard InChI is InChI=1S/C41H42ClFN8O7S/c1-57-34-20-31-27(39(45-23-44-31)47-25-7-8-30(43)29(42)18-25)19-32(34)48-36(52)6-3-13-50-14-11-24(12-15-50)46-38(54)22-58-16-17-59-35-5-2-4-26-28(35)21-51(41(26)56)33-9-10-37(53)49-40(33)55/h2-8,18-20,23-24,33H,9-17,21-22H2,1H3,(H,46,54)(H,48,52)(H,44,45,47)(H,49,53,55)/b6-3+. The molecule has 4 heterocycles. The molecule has 1 unspecified atom stereocenters. The normalized spacial score (nSPS) is 17.3. The van der Waals surface area contributed by atoms with Gasteiger partial charge in [0.2, 0.25) is 23.6 Å². The fourth-order valence-electron chi connectivity index (χ4n) is 7.24. The van der Waals surface area contributed by atoms with Crippen molar-refractivity contribution in [2.24, 2.45) is 0 Å². The van der Waals surface area contributed by atoms with Crippen LogP contribution in [0.3, 0.4) is 0 Å². The van der Waals surface area contributed by atoms with Crippen LogP contribution in [-0.4, -0.2) is 107 Å². The van der Waals surface area contributed by atoms with Crippen molar-refractivity contribution in [1.29, 1.82) is 0 Å². The van der Waals surface area contributed by atoms with E-state index in [1.165, 1.54) is 54.4 Å². The first kappa shape index (κ1) is 41.5. The van der Waals surface area contributed by atoms with Crippen LogP contribution < -0.4 is 26.0 Å². The molecule has 0 radical (unpaired) electrons. The van der Waals surface area contributed by atoms with E-state index in [2.05, 4.69) is 36.1 Å². The summed E-state index contributed by atoms with van der Waals surface area (Å²) in [4.78, 5) is 76.0. The van der Waals surface area contributed by atoms with E-state index in [0.717, 1.165) is 36.4 Å². The van der Waals surface area contributed by atoms with Crippen molar-refractivity contribution in [2.45, 2.75) is 49.2 Å². The number of likely N-dealkylation sites (tertiary alicyclic amines) is 1. The van der Waals surface area contributed by atoms with Crippen molar-refractivity contribution >= 4 is 81.0 Å². The number of hydrogen-bond acceptors (Lipinski definition) is 12. The van der Waals surface area contributed by atoms with Gasteiger partial charge in [-0.2, -0.15) is 0 Å². The van der Waals surface area contributed by atoms with E-state index in [1.807, 2.05) is 12.1 Å². The highest BCUT2D eigenvalue weighted by Gasteiger charge is 2.39. The van der Waals surface area contributed by atoms with Crippen molar-refractivity contribution in [1.82, 2.24) is 30.4 Å². The van der Waals surface area contributed by atoms with Gasteiger partial charge in [0.25, 0.3) is 5.91 Å². The van der Waals surface area contributed by atoms with Gasteiger partial charge in [0, 0.05) is 78.1 Å². The second-order valence-electron chi connectivity index (χ2n) is 14.2. The third-order valence-corrected chi connectivity index (χ3v) is 11.6. The molecular formula is C41H42ClFN8O7S. The molecule has 1 atom stereocenters. The molecule has 0 spiro atoms. The Kier molecular flexibility index (Phi) is 13.4. The van der Waals surface area contributed by atoms with Gasteiger partial charge >= 0.3 is 0 Å². The highest BCUT2D eigenvalue weighted by molar-refractivity contribution is 7.99. The van der Waals surface area contributed by atoms with Crippen molar-refractivity contribution in [3.63, 3.8) is 0 Å². The maximum absolute atomic E-state index is 13.7. The Morgan fingerprint density at radius 2 is 1.92 bits per heavy atom. The lowest BCUT2D eigenvalue weighted by Gasteiger charge is -2.31. The molecule has 3 aromatic carbocycles. The van der Waals surface area contributed by atoms with Gasteiger partial charge in [0.1, 0.15) is 36.4 Å². The Morgan fingerprint density at radius 3 is 2.69 bits per heavy atom. The molecule has 3 aliphatic heterocycles. The van der Waals surface area contributed by atoms with Crippen LogP contribution in [0.4, 0.5) is 21.6 Å². The van der Waals surface area contributed by atoms with Crippen LogP contribution in [0.1, 0.15) is 41.6 Å². The van der Waals surface area contributed by atoms with E-state index in [4.69, 9.17) is 21.1 Å². The van der Waals surface area contributed by atoms with Gasteiger partial charge in [-0.1, -0.05) is 23.7 Å². The Hall–Kier alpha value is -5.62. The van der Waals surface area contributed by atoms with Gasteiger partial charge in [0.15, 0.2) is 0 Å². The van der Waals surface area contributed by atoms with Crippen molar-refractivity contribution in [2.75, 3.05) is 56.3 Å². The van der Waals surface area contributed by atoms with Crippen LogP contribution in [0.15, 0.2) is 71.9 Å². The summed E-state index contributed by atoms with van der Waals surface area (Å²) in [6.07, 6.45) is 6.66. The number of fused-ring (bicyclic) bond motifs is 2. The summed E-state index contributed by atoms with van der Waals surface area (Å²) in [5, 5.41) is 11.9. The summed E-state index contributed by atoms with van der Waals surface area (Å²) in [5.74, 6) is -0.634. The average molecular weight is 845 g/mol. The zero-order valence-electron chi connectivity index (χ0n) is 32.1. The number of methoxy groups -OCH3 is 1. The van der Waals surface area contributed by atoms with Gasteiger partial charge in [-0.25, -0.2) is 14.4 Å². The molecular weight excluding hydrogens is 803 g/mol. The number of imide groups is 1. The van der Waals surface area contributed by atoms with Crippen molar-refractivity contribution in [3.05, 3.63) is 89.0 Å². The predicted octanol–water partition coefficient (Wildman–Crippen LogP) is 4.82. The number of hydrogen-bond donors (Lipinski definition) is 4. The molecule has 2 fully saturated rings. The predicted molar refractivity (Wildman–Crippen MR) is 220 cm³/mol. The quantitative estimate of drug-likeness (QED) is 0.0555. The fourth-order valence-corrected chi connectivity index (χ4v) is 8.37.